The van der Waals surface area contributed by atoms with E-state index in [0.29, 0.717) is 17.5 Å². The van der Waals surface area contributed by atoms with Crippen LogP contribution in [-0.4, -0.2) is 22.8 Å². The van der Waals surface area contributed by atoms with Gasteiger partial charge in [-0.25, -0.2) is 13.6 Å². The third-order valence-corrected chi connectivity index (χ3v) is 5.87. The summed E-state index contributed by atoms with van der Waals surface area (Å²) in [7, 11) is 0. The molecule has 4 aromatic rings. The summed E-state index contributed by atoms with van der Waals surface area (Å²) in [4.78, 5) is 40.6. The Hall–Kier alpha value is -5.24. The molecule has 0 saturated carbocycles. The van der Waals surface area contributed by atoms with Crippen molar-refractivity contribution < 1.29 is 41.1 Å². The van der Waals surface area contributed by atoms with Gasteiger partial charge in [0.15, 0.2) is 11.6 Å². The van der Waals surface area contributed by atoms with Gasteiger partial charge in [-0.05, 0) is 54.6 Å². The molecule has 0 radical (unpaired) electrons. The minimum atomic E-state index is -4.69. The van der Waals surface area contributed by atoms with Crippen LogP contribution < -0.4 is 26.2 Å². The minimum Gasteiger partial charge on any atom is -0.457 e. The Morgan fingerprint density at radius 3 is 2.26 bits per heavy atom. The fourth-order valence-electron chi connectivity index (χ4n) is 3.55. The molecule has 0 aliphatic rings. The highest BCUT2D eigenvalue weighted by Crippen LogP contribution is 2.36. The van der Waals surface area contributed by atoms with Crippen LogP contribution in [0.15, 0.2) is 79.0 Å². The number of aromatic nitrogens is 1. The van der Waals surface area contributed by atoms with E-state index in [1.807, 2.05) is 0 Å². The number of urea groups is 1. The molecule has 1 heterocycles. The van der Waals surface area contributed by atoms with Crippen LogP contribution in [0.3, 0.4) is 0 Å². The number of nitrogens with zero attached hydrogens (tertiary/aromatic N) is 1. The summed E-state index contributed by atoms with van der Waals surface area (Å²) in [6, 6.07) is 14.1. The number of amides is 4. The fraction of sp³-hybridized carbons (Fsp3) is 0.0714. The quantitative estimate of drug-likeness (QED) is 0.140. The van der Waals surface area contributed by atoms with E-state index in [9.17, 15) is 36.3 Å². The predicted octanol–water partition coefficient (Wildman–Crippen LogP) is 6.47. The van der Waals surface area contributed by atoms with Gasteiger partial charge in [0, 0.05) is 29.2 Å². The number of alkyl halides is 3. The molecule has 4 rings (SSSR count). The van der Waals surface area contributed by atoms with Crippen molar-refractivity contribution in [1.29, 1.82) is 0 Å². The van der Waals surface area contributed by atoms with E-state index in [0.717, 1.165) is 12.1 Å². The first kappa shape index (κ1) is 30.7. The standard InChI is InChI=1S/C28H19ClF5N5O4/c29-21-9-6-17(13-20(21)28(32,33)34)37-27(42)36-16-4-7-18(8-5-16)43-19-10-11-35-23(14-19)26(41)39-38-24(40)12-15-2-1-3-22(30)25(15)31/h1-11,13-14H,12H2,(H,38,40)(H,39,41)(H2,36,37,42). The molecule has 0 atom stereocenters. The molecule has 0 fully saturated rings. The Morgan fingerprint density at radius 2 is 1.53 bits per heavy atom. The van der Waals surface area contributed by atoms with Crippen molar-refractivity contribution in [2.45, 2.75) is 12.6 Å². The van der Waals surface area contributed by atoms with Crippen molar-refractivity contribution in [2.75, 3.05) is 10.6 Å². The number of ether oxygens (including phenoxy) is 1. The number of halogens is 6. The number of carbonyl (C=O) groups is 3. The fourth-order valence-corrected chi connectivity index (χ4v) is 3.77. The highest BCUT2D eigenvalue weighted by atomic mass is 35.5. The highest BCUT2D eigenvalue weighted by Gasteiger charge is 2.33. The maximum atomic E-state index is 13.7. The van der Waals surface area contributed by atoms with Crippen LogP contribution in [0.25, 0.3) is 0 Å². The van der Waals surface area contributed by atoms with Crippen LogP contribution in [0.2, 0.25) is 5.02 Å². The van der Waals surface area contributed by atoms with Crippen molar-refractivity contribution in [3.63, 3.8) is 0 Å². The van der Waals surface area contributed by atoms with Gasteiger partial charge in [0.1, 0.15) is 17.2 Å². The molecule has 4 N–H and O–H groups in total. The average Bonchev–Trinajstić information content (AvgIpc) is 2.96. The van der Waals surface area contributed by atoms with Gasteiger partial charge in [-0.1, -0.05) is 23.7 Å². The van der Waals surface area contributed by atoms with Gasteiger partial charge in [-0.3, -0.25) is 25.4 Å². The summed E-state index contributed by atoms with van der Waals surface area (Å²) in [5, 5.41) is 4.26. The van der Waals surface area contributed by atoms with Crippen LogP contribution in [0.5, 0.6) is 11.5 Å². The number of hydrogen-bond acceptors (Lipinski definition) is 5. The largest absolute Gasteiger partial charge is 0.457 e. The summed E-state index contributed by atoms with van der Waals surface area (Å²) in [6.45, 7) is 0. The molecule has 9 nitrogen and oxygen atoms in total. The van der Waals surface area contributed by atoms with E-state index in [-0.39, 0.29) is 22.7 Å². The molecule has 43 heavy (non-hydrogen) atoms. The monoisotopic (exact) mass is 619 g/mol. The van der Waals surface area contributed by atoms with Crippen molar-refractivity contribution in [3.8, 4) is 11.5 Å². The normalized spacial score (nSPS) is 10.9. The van der Waals surface area contributed by atoms with Gasteiger partial charge in [-0.2, -0.15) is 13.2 Å². The molecule has 1 aromatic heterocycles. The number of rotatable bonds is 7. The number of anilines is 2. The number of hydrogen-bond donors (Lipinski definition) is 4. The number of carbonyl (C=O) groups excluding carboxylic acids is 3. The Labute approximate surface area is 245 Å². The third kappa shape index (κ3) is 8.39. The van der Waals surface area contributed by atoms with E-state index < -0.39 is 52.7 Å². The van der Waals surface area contributed by atoms with Gasteiger partial charge in [-0.15, -0.1) is 0 Å². The molecule has 0 aliphatic heterocycles. The Morgan fingerprint density at radius 1 is 0.837 bits per heavy atom. The maximum absolute atomic E-state index is 13.7. The summed E-state index contributed by atoms with van der Waals surface area (Å²) in [5.41, 5.74) is 2.96. The van der Waals surface area contributed by atoms with Crippen LogP contribution in [0, 0.1) is 11.6 Å². The molecule has 0 spiro atoms. The van der Waals surface area contributed by atoms with E-state index in [1.54, 1.807) is 0 Å². The van der Waals surface area contributed by atoms with Crippen molar-refractivity contribution in [2.24, 2.45) is 0 Å². The number of nitrogens with one attached hydrogen (secondary N) is 4. The first-order valence-electron chi connectivity index (χ1n) is 12.1. The minimum absolute atomic E-state index is 0.119. The molecule has 222 valence electrons. The molecule has 3 aromatic carbocycles. The molecule has 15 heteroatoms. The topological polar surface area (TPSA) is 121 Å². The van der Waals surface area contributed by atoms with Crippen molar-refractivity contribution in [1.82, 2.24) is 15.8 Å². The van der Waals surface area contributed by atoms with E-state index in [4.69, 9.17) is 16.3 Å². The molecular formula is C28H19ClF5N5O4. The average molecular weight is 620 g/mol. The Kier molecular flexibility index (Phi) is 9.40. The highest BCUT2D eigenvalue weighted by molar-refractivity contribution is 6.31. The molecule has 0 saturated heterocycles. The van der Waals surface area contributed by atoms with Gasteiger partial charge < -0.3 is 15.4 Å². The molecule has 0 bridgehead atoms. The van der Waals surface area contributed by atoms with E-state index in [2.05, 4.69) is 26.5 Å². The van der Waals surface area contributed by atoms with Gasteiger partial charge >= 0.3 is 12.2 Å². The Balaban J connectivity index is 1.30. The van der Waals surface area contributed by atoms with Gasteiger partial charge in [0.05, 0.1) is 17.0 Å². The predicted molar refractivity (Wildman–Crippen MR) is 146 cm³/mol. The summed E-state index contributed by atoms with van der Waals surface area (Å²) in [5.74, 6) is -3.40. The molecule has 0 aliphatic carbocycles. The number of hydrazine groups is 1. The van der Waals surface area contributed by atoms with Gasteiger partial charge in [0.25, 0.3) is 5.91 Å². The second-order valence-corrected chi connectivity index (χ2v) is 9.07. The molecule has 4 amide bonds. The van der Waals surface area contributed by atoms with Crippen LogP contribution in [0.1, 0.15) is 21.6 Å². The van der Waals surface area contributed by atoms with Crippen LogP contribution in [0.4, 0.5) is 38.1 Å². The summed E-state index contributed by atoms with van der Waals surface area (Å²) < 4.78 is 71.8. The lowest BCUT2D eigenvalue weighted by Crippen LogP contribution is -2.42. The van der Waals surface area contributed by atoms with Crippen LogP contribution >= 0.6 is 11.6 Å². The zero-order valence-electron chi connectivity index (χ0n) is 21.6. The zero-order chi connectivity index (χ0) is 31.1. The zero-order valence-corrected chi connectivity index (χ0v) is 22.3. The van der Waals surface area contributed by atoms with E-state index >= 15 is 0 Å². The van der Waals surface area contributed by atoms with Crippen LogP contribution in [-0.2, 0) is 17.4 Å². The number of benzene rings is 3. The summed E-state index contributed by atoms with van der Waals surface area (Å²) in [6.07, 6.45) is -3.94. The van der Waals surface area contributed by atoms with E-state index in [1.165, 1.54) is 60.8 Å². The third-order valence-electron chi connectivity index (χ3n) is 5.54. The Bertz CT molecular complexity index is 1670. The second kappa shape index (κ2) is 13.2. The number of pyridine rings is 1. The SMILES string of the molecule is O=C(Cc1cccc(F)c1F)NNC(=O)c1cc(Oc2ccc(NC(=O)Nc3ccc(Cl)c(C(F)(F)F)c3)cc2)ccn1. The maximum Gasteiger partial charge on any atom is 0.417 e. The lowest BCUT2D eigenvalue weighted by Gasteiger charge is -2.13. The first-order chi connectivity index (χ1) is 20.4. The second-order valence-electron chi connectivity index (χ2n) is 8.67. The lowest BCUT2D eigenvalue weighted by atomic mass is 10.1. The van der Waals surface area contributed by atoms with Gasteiger partial charge in [0.2, 0.25) is 5.91 Å². The van der Waals surface area contributed by atoms with Crippen molar-refractivity contribution in [3.05, 3.63) is 112 Å². The van der Waals surface area contributed by atoms with Crippen molar-refractivity contribution >= 4 is 40.8 Å². The smallest absolute Gasteiger partial charge is 0.417 e. The lowest BCUT2D eigenvalue weighted by molar-refractivity contribution is -0.137. The molecular weight excluding hydrogens is 601 g/mol. The molecule has 0 unspecified atom stereocenters. The first-order valence-corrected chi connectivity index (χ1v) is 12.5. The summed E-state index contributed by atoms with van der Waals surface area (Å²) >= 11 is 5.58.